The van der Waals surface area contributed by atoms with E-state index >= 15 is 0 Å². The second kappa shape index (κ2) is 7.51. The van der Waals surface area contributed by atoms with Crippen LogP contribution in [0.5, 0.6) is 0 Å². The quantitative estimate of drug-likeness (QED) is 0.694. The van der Waals surface area contributed by atoms with E-state index in [0.29, 0.717) is 5.92 Å². The molecule has 3 rings (SSSR count). The van der Waals surface area contributed by atoms with Gasteiger partial charge in [0.05, 0.1) is 12.7 Å². The maximum atomic E-state index is 4.84. The lowest BCUT2D eigenvalue weighted by atomic mass is 10.0. The summed E-state index contributed by atoms with van der Waals surface area (Å²) in [5.41, 5.74) is 3.86. The molecule has 2 heterocycles. The molecule has 0 radical (unpaired) electrons. The molecule has 5 heteroatoms. The first-order valence-corrected chi connectivity index (χ1v) is 8.73. The van der Waals surface area contributed by atoms with Crippen LogP contribution < -0.4 is 5.32 Å². The number of aryl methyl sites for hydroxylation is 2. The van der Waals surface area contributed by atoms with E-state index in [1.165, 1.54) is 16.7 Å². The molecule has 1 aliphatic heterocycles. The fourth-order valence-corrected chi connectivity index (χ4v) is 3.16. The van der Waals surface area contributed by atoms with Crippen LogP contribution in [0.15, 0.2) is 41.7 Å². The van der Waals surface area contributed by atoms with Crippen molar-refractivity contribution in [1.82, 2.24) is 20.0 Å². The number of aromatic nitrogens is 2. The Kier molecular flexibility index (Phi) is 5.18. The van der Waals surface area contributed by atoms with Crippen molar-refractivity contribution in [1.29, 1.82) is 0 Å². The SMILES string of the molecule is CCNC(=NCc1ccc(C)cc1)N1CCC(c2cnn(C)c2)C1. The molecule has 1 fully saturated rings. The summed E-state index contributed by atoms with van der Waals surface area (Å²) >= 11 is 0. The van der Waals surface area contributed by atoms with E-state index in [0.717, 1.165) is 38.6 Å². The second-order valence-electron chi connectivity index (χ2n) is 6.53. The fraction of sp³-hybridized carbons (Fsp3) is 0.474. The molecule has 0 spiro atoms. The minimum absolute atomic E-state index is 0.543. The summed E-state index contributed by atoms with van der Waals surface area (Å²) < 4.78 is 1.88. The van der Waals surface area contributed by atoms with Gasteiger partial charge in [-0.2, -0.15) is 5.10 Å². The monoisotopic (exact) mass is 325 g/mol. The molecule has 0 saturated carbocycles. The summed E-state index contributed by atoms with van der Waals surface area (Å²) in [6, 6.07) is 8.60. The highest BCUT2D eigenvalue weighted by atomic mass is 15.3. The lowest BCUT2D eigenvalue weighted by Crippen LogP contribution is -2.40. The highest BCUT2D eigenvalue weighted by molar-refractivity contribution is 5.80. The third kappa shape index (κ3) is 3.96. The second-order valence-corrected chi connectivity index (χ2v) is 6.53. The summed E-state index contributed by atoms with van der Waals surface area (Å²) in [5.74, 6) is 1.56. The van der Waals surface area contributed by atoms with Crippen molar-refractivity contribution in [3.8, 4) is 0 Å². The molecule has 1 N–H and O–H groups in total. The van der Waals surface area contributed by atoms with Crippen molar-refractivity contribution >= 4 is 5.96 Å². The molecule has 24 heavy (non-hydrogen) atoms. The van der Waals surface area contributed by atoms with Crippen molar-refractivity contribution in [3.63, 3.8) is 0 Å². The van der Waals surface area contributed by atoms with Gasteiger partial charge in [-0.15, -0.1) is 0 Å². The van der Waals surface area contributed by atoms with Crippen LogP contribution in [0, 0.1) is 6.92 Å². The van der Waals surface area contributed by atoms with Crippen molar-refractivity contribution in [2.75, 3.05) is 19.6 Å². The van der Waals surface area contributed by atoms with Gasteiger partial charge < -0.3 is 10.2 Å². The Morgan fingerprint density at radius 1 is 1.33 bits per heavy atom. The van der Waals surface area contributed by atoms with Gasteiger partial charge in [-0.05, 0) is 31.4 Å². The summed E-state index contributed by atoms with van der Waals surface area (Å²) in [4.78, 5) is 7.21. The Balaban J connectivity index is 1.66. The number of nitrogens with zero attached hydrogens (tertiary/aromatic N) is 4. The minimum atomic E-state index is 0.543. The zero-order chi connectivity index (χ0) is 16.9. The van der Waals surface area contributed by atoms with Crippen LogP contribution in [-0.4, -0.2) is 40.3 Å². The summed E-state index contributed by atoms with van der Waals surface area (Å²) in [6.07, 6.45) is 5.27. The molecule has 0 amide bonds. The highest BCUT2D eigenvalue weighted by Gasteiger charge is 2.26. The van der Waals surface area contributed by atoms with Gasteiger partial charge in [-0.25, -0.2) is 4.99 Å². The van der Waals surface area contributed by atoms with E-state index in [2.05, 4.69) is 59.6 Å². The van der Waals surface area contributed by atoms with Crippen LogP contribution in [0.25, 0.3) is 0 Å². The standard InChI is InChI=1S/C19H27N5/c1-4-20-19(21-11-16-7-5-15(2)6-8-16)24-10-9-17(14-24)18-12-22-23(3)13-18/h5-8,12-13,17H,4,9-11,14H2,1-3H3,(H,20,21). The zero-order valence-corrected chi connectivity index (χ0v) is 14.9. The lowest BCUT2D eigenvalue weighted by molar-refractivity contribution is 0.486. The minimum Gasteiger partial charge on any atom is -0.357 e. The van der Waals surface area contributed by atoms with E-state index < -0.39 is 0 Å². The van der Waals surface area contributed by atoms with Crippen LogP contribution in [-0.2, 0) is 13.6 Å². The van der Waals surface area contributed by atoms with Gasteiger partial charge in [-0.3, -0.25) is 4.68 Å². The molecular formula is C19H27N5. The van der Waals surface area contributed by atoms with Gasteiger partial charge in [0, 0.05) is 38.8 Å². The Labute approximate surface area is 144 Å². The Morgan fingerprint density at radius 2 is 2.12 bits per heavy atom. The first-order chi connectivity index (χ1) is 11.7. The van der Waals surface area contributed by atoms with Crippen molar-refractivity contribution in [2.45, 2.75) is 32.7 Å². The first-order valence-electron chi connectivity index (χ1n) is 8.73. The van der Waals surface area contributed by atoms with E-state index in [9.17, 15) is 0 Å². The van der Waals surface area contributed by atoms with Crippen LogP contribution in [0.4, 0.5) is 0 Å². The maximum Gasteiger partial charge on any atom is 0.194 e. The van der Waals surface area contributed by atoms with E-state index in [4.69, 9.17) is 4.99 Å². The Morgan fingerprint density at radius 3 is 2.79 bits per heavy atom. The number of rotatable bonds is 4. The molecule has 1 atom stereocenters. The molecular weight excluding hydrogens is 298 g/mol. The number of benzene rings is 1. The van der Waals surface area contributed by atoms with Gasteiger partial charge in [-0.1, -0.05) is 29.8 Å². The van der Waals surface area contributed by atoms with Crippen LogP contribution in [0.2, 0.25) is 0 Å². The zero-order valence-electron chi connectivity index (χ0n) is 14.9. The Bertz CT molecular complexity index is 686. The van der Waals surface area contributed by atoms with Gasteiger partial charge in [0.25, 0.3) is 0 Å². The molecule has 1 aromatic heterocycles. The molecule has 1 unspecified atom stereocenters. The molecule has 128 valence electrons. The average Bonchev–Trinajstić information content (AvgIpc) is 3.22. The number of hydrogen-bond acceptors (Lipinski definition) is 2. The molecule has 2 aromatic rings. The van der Waals surface area contributed by atoms with Crippen LogP contribution in [0.3, 0.4) is 0 Å². The van der Waals surface area contributed by atoms with E-state index in [1.807, 2.05) is 17.9 Å². The molecule has 0 aliphatic carbocycles. The van der Waals surface area contributed by atoms with E-state index in [-0.39, 0.29) is 0 Å². The van der Waals surface area contributed by atoms with Gasteiger partial charge in [0.2, 0.25) is 0 Å². The first kappa shape index (κ1) is 16.6. The maximum absolute atomic E-state index is 4.84. The number of aliphatic imine (C=N–C) groups is 1. The Hall–Kier alpha value is -2.30. The number of likely N-dealkylation sites (tertiary alicyclic amines) is 1. The molecule has 1 saturated heterocycles. The largest absolute Gasteiger partial charge is 0.357 e. The molecule has 5 nitrogen and oxygen atoms in total. The normalized spacial score (nSPS) is 18.2. The average molecular weight is 325 g/mol. The summed E-state index contributed by atoms with van der Waals surface area (Å²) in [6.45, 7) is 7.89. The van der Waals surface area contributed by atoms with Crippen molar-refractivity contribution < 1.29 is 0 Å². The van der Waals surface area contributed by atoms with Crippen molar-refractivity contribution in [3.05, 3.63) is 53.3 Å². The van der Waals surface area contributed by atoms with Gasteiger partial charge in [0.15, 0.2) is 5.96 Å². The summed E-state index contributed by atoms with van der Waals surface area (Å²) in [5, 5.41) is 7.74. The predicted molar refractivity (Wildman–Crippen MR) is 98.1 cm³/mol. The third-order valence-corrected chi connectivity index (χ3v) is 4.55. The lowest BCUT2D eigenvalue weighted by Gasteiger charge is -2.21. The number of nitrogens with one attached hydrogen (secondary N) is 1. The van der Waals surface area contributed by atoms with Crippen molar-refractivity contribution in [2.24, 2.45) is 12.0 Å². The number of guanidine groups is 1. The fourth-order valence-electron chi connectivity index (χ4n) is 3.16. The number of hydrogen-bond donors (Lipinski definition) is 1. The third-order valence-electron chi connectivity index (χ3n) is 4.55. The summed E-state index contributed by atoms with van der Waals surface area (Å²) in [7, 11) is 1.98. The van der Waals surface area contributed by atoms with Crippen LogP contribution in [0.1, 0.15) is 36.0 Å². The molecule has 1 aliphatic rings. The topological polar surface area (TPSA) is 45.5 Å². The highest BCUT2D eigenvalue weighted by Crippen LogP contribution is 2.26. The predicted octanol–water partition coefficient (Wildman–Crippen LogP) is 2.68. The molecule has 1 aromatic carbocycles. The molecule has 0 bridgehead atoms. The van der Waals surface area contributed by atoms with Gasteiger partial charge in [0.1, 0.15) is 0 Å². The van der Waals surface area contributed by atoms with Crippen LogP contribution >= 0.6 is 0 Å². The van der Waals surface area contributed by atoms with Gasteiger partial charge >= 0.3 is 0 Å². The van der Waals surface area contributed by atoms with E-state index in [1.54, 1.807) is 0 Å². The smallest absolute Gasteiger partial charge is 0.194 e.